The number of aromatic nitrogens is 3. The van der Waals surface area contributed by atoms with Crippen molar-refractivity contribution in [2.75, 3.05) is 25.0 Å². The van der Waals surface area contributed by atoms with Crippen molar-refractivity contribution in [3.8, 4) is 11.3 Å². The summed E-state index contributed by atoms with van der Waals surface area (Å²) in [7, 11) is 0. The molecule has 0 bridgehead atoms. The predicted octanol–water partition coefficient (Wildman–Crippen LogP) is 6.32. The Bertz CT molecular complexity index is 1220. The second kappa shape index (κ2) is 10.2. The molecule has 1 saturated heterocycles. The molecule has 5 nitrogen and oxygen atoms in total. The van der Waals surface area contributed by atoms with Crippen molar-refractivity contribution in [3.63, 3.8) is 0 Å². The largest absolute Gasteiger partial charge is 0.367 e. The fraction of sp³-hybridized carbons (Fsp3) is 0.308. The van der Waals surface area contributed by atoms with Crippen molar-refractivity contribution in [3.05, 3.63) is 81.9 Å². The van der Waals surface area contributed by atoms with Crippen LogP contribution in [-0.4, -0.2) is 45.2 Å². The number of aryl methyl sites for hydroxylation is 1. The standard InChI is InChI=1S/C26H27BrClN5/c27-22-18-29-33-25(17-24(31-26(22)33)21-10-4-5-11-23(21)28)30-20-12-15-32(16-13-20)14-6-9-19-7-2-1-3-8-19/h1-5,7-8,10-11,17-18,20,30H,6,9,12-16H2. The van der Waals surface area contributed by atoms with Gasteiger partial charge in [0.15, 0.2) is 5.65 Å². The molecular formula is C26H27BrClN5. The zero-order valence-electron chi connectivity index (χ0n) is 18.4. The molecule has 0 radical (unpaired) electrons. The Morgan fingerprint density at radius 1 is 1.03 bits per heavy atom. The van der Waals surface area contributed by atoms with Gasteiger partial charge in [-0.2, -0.15) is 9.61 Å². The Hall–Kier alpha value is -2.41. The molecule has 3 heterocycles. The van der Waals surface area contributed by atoms with Crippen LogP contribution in [0.15, 0.2) is 71.3 Å². The van der Waals surface area contributed by atoms with E-state index in [4.69, 9.17) is 16.6 Å². The highest BCUT2D eigenvalue weighted by molar-refractivity contribution is 9.10. The number of piperidine rings is 1. The molecule has 4 aromatic rings. The van der Waals surface area contributed by atoms with Crippen LogP contribution in [0, 0.1) is 0 Å². The van der Waals surface area contributed by atoms with Crippen LogP contribution in [0.1, 0.15) is 24.8 Å². The minimum absolute atomic E-state index is 0.406. The topological polar surface area (TPSA) is 45.5 Å². The van der Waals surface area contributed by atoms with Crippen LogP contribution >= 0.6 is 27.5 Å². The van der Waals surface area contributed by atoms with Crippen LogP contribution in [0.3, 0.4) is 0 Å². The van der Waals surface area contributed by atoms with Gasteiger partial charge in [0.25, 0.3) is 0 Å². The van der Waals surface area contributed by atoms with E-state index in [-0.39, 0.29) is 0 Å². The second-order valence-corrected chi connectivity index (χ2v) is 9.85. The molecule has 5 rings (SSSR count). The molecule has 33 heavy (non-hydrogen) atoms. The van der Waals surface area contributed by atoms with Crippen LogP contribution in [0.25, 0.3) is 16.9 Å². The summed E-state index contributed by atoms with van der Waals surface area (Å²) in [5.74, 6) is 0.947. The van der Waals surface area contributed by atoms with Crippen molar-refractivity contribution < 1.29 is 0 Å². The van der Waals surface area contributed by atoms with E-state index in [2.05, 4.69) is 67.6 Å². The summed E-state index contributed by atoms with van der Waals surface area (Å²) in [4.78, 5) is 7.40. The lowest BCUT2D eigenvalue weighted by atomic mass is 10.0. The third-order valence-electron chi connectivity index (χ3n) is 6.30. The summed E-state index contributed by atoms with van der Waals surface area (Å²) in [6.45, 7) is 3.38. The van der Waals surface area contributed by atoms with E-state index in [1.807, 2.05) is 28.8 Å². The number of likely N-dealkylation sites (tertiary alicyclic amines) is 1. The number of fused-ring (bicyclic) bond motifs is 1. The highest BCUT2D eigenvalue weighted by Gasteiger charge is 2.21. The number of rotatable bonds is 7. The summed E-state index contributed by atoms with van der Waals surface area (Å²) in [6, 6.07) is 21.0. The van der Waals surface area contributed by atoms with Crippen LogP contribution in [0.5, 0.6) is 0 Å². The van der Waals surface area contributed by atoms with Gasteiger partial charge in [-0.25, -0.2) is 4.98 Å². The van der Waals surface area contributed by atoms with Gasteiger partial charge in [-0.1, -0.05) is 60.1 Å². The molecular weight excluding hydrogens is 498 g/mol. The molecule has 0 unspecified atom stereocenters. The van der Waals surface area contributed by atoms with Crippen molar-refractivity contribution in [1.82, 2.24) is 19.5 Å². The Kier molecular flexibility index (Phi) is 6.95. The monoisotopic (exact) mass is 523 g/mol. The first-order valence-corrected chi connectivity index (χ1v) is 12.7. The van der Waals surface area contributed by atoms with Gasteiger partial charge in [-0.15, -0.1) is 0 Å². The quantitative estimate of drug-likeness (QED) is 0.307. The van der Waals surface area contributed by atoms with Gasteiger partial charge in [0.1, 0.15) is 5.82 Å². The molecule has 2 aromatic carbocycles. The minimum Gasteiger partial charge on any atom is -0.367 e. The highest BCUT2D eigenvalue weighted by atomic mass is 79.9. The first-order valence-electron chi connectivity index (χ1n) is 11.5. The molecule has 170 valence electrons. The lowest BCUT2D eigenvalue weighted by Gasteiger charge is -2.33. The summed E-state index contributed by atoms with van der Waals surface area (Å²) in [6.07, 6.45) is 6.36. The smallest absolute Gasteiger partial charge is 0.172 e. The van der Waals surface area contributed by atoms with Gasteiger partial charge >= 0.3 is 0 Å². The number of hydrogen-bond donors (Lipinski definition) is 1. The second-order valence-electron chi connectivity index (χ2n) is 8.58. The summed E-state index contributed by atoms with van der Waals surface area (Å²) in [5, 5.41) is 8.96. The normalized spacial score (nSPS) is 15.2. The average molecular weight is 525 g/mol. The summed E-state index contributed by atoms with van der Waals surface area (Å²) in [5.41, 5.74) is 3.98. The lowest BCUT2D eigenvalue weighted by molar-refractivity contribution is 0.216. The lowest BCUT2D eigenvalue weighted by Crippen LogP contribution is -2.39. The van der Waals surface area contributed by atoms with E-state index in [1.165, 1.54) is 12.0 Å². The number of benzene rings is 2. The van der Waals surface area contributed by atoms with Gasteiger partial charge in [0.05, 0.1) is 16.4 Å². The number of hydrogen-bond acceptors (Lipinski definition) is 4. The first kappa shape index (κ1) is 22.4. The van der Waals surface area contributed by atoms with Crippen LogP contribution in [0.2, 0.25) is 5.02 Å². The Morgan fingerprint density at radius 2 is 1.79 bits per heavy atom. The molecule has 1 fully saturated rings. The maximum Gasteiger partial charge on any atom is 0.172 e. The maximum absolute atomic E-state index is 6.46. The Morgan fingerprint density at radius 3 is 2.58 bits per heavy atom. The Balaban J connectivity index is 1.25. The van der Waals surface area contributed by atoms with Gasteiger partial charge in [0.2, 0.25) is 0 Å². The first-order chi connectivity index (χ1) is 16.2. The number of anilines is 1. The van der Waals surface area contributed by atoms with Crippen LogP contribution < -0.4 is 5.32 Å². The van der Waals surface area contributed by atoms with Crippen LogP contribution in [-0.2, 0) is 6.42 Å². The van der Waals surface area contributed by atoms with E-state index in [0.29, 0.717) is 11.1 Å². The van der Waals surface area contributed by atoms with Gasteiger partial charge in [0, 0.05) is 35.8 Å². The van der Waals surface area contributed by atoms with Gasteiger partial charge < -0.3 is 10.2 Å². The molecule has 0 amide bonds. The maximum atomic E-state index is 6.46. The van der Waals surface area contributed by atoms with E-state index in [1.54, 1.807) is 6.20 Å². The zero-order chi connectivity index (χ0) is 22.6. The molecule has 0 atom stereocenters. The van der Waals surface area contributed by atoms with Crippen LogP contribution in [0.4, 0.5) is 5.82 Å². The number of halogens is 2. The molecule has 0 spiro atoms. The van der Waals surface area contributed by atoms with E-state index in [0.717, 1.165) is 66.1 Å². The van der Waals surface area contributed by atoms with Gasteiger partial charge in [-0.05, 0) is 59.8 Å². The fourth-order valence-corrected chi connectivity index (χ4v) is 5.09. The number of nitrogens with zero attached hydrogens (tertiary/aromatic N) is 4. The molecule has 1 N–H and O–H groups in total. The molecule has 2 aromatic heterocycles. The molecule has 1 aliphatic rings. The Labute approximate surface area is 207 Å². The summed E-state index contributed by atoms with van der Waals surface area (Å²) >= 11 is 10.1. The predicted molar refractivity (Wildman–Crippen MR) is 139 cm³/mol. The molecule has 0 aliphatic carbocycles. The fourth-order valence-electron chi connectivity index (χ4n) is 4.51. The van der Waals surface area contributed by atoms with E-state index >= 15 is 0 Å². The third-order valence-corrected chi connectivity index (χ3v) is 7.19. The van der Waals surface area contributed by atoms with Crippen molar-refractivity contribution in [2.45, 2.75) is 31.7 Å². The molecule has 7 heteroatoms. The van der Waals surface area contributed by atoms with Crippen molar-refractivity contribution >= 4 is 39.0 Å². The number of nitrogens with one attached hydrogen (secondary N) is 1. The SMILES string of the molecule is Clc1ccccc1-c1cc(NC2CCN(CCCc3ccccc3)CC2)n2ncc(Br)c2n1. The van der Waals surface area contributed by atoms with Crippen molar-refractivity contribution in [1.29, 1.82) is 0 Å². The summed E-state index contributed by atoms with van der Waals surface area (Å²) < 4.78 is 2.74. The highest BCUT2D eigenvalue weighted by Crippen LogP contribution is 2.31. The van der Waals surface area contributed by atoms with Crippen molar-refractivity contribution in [2.24, 2.45) is 0 Å². The average Bonchev–Trinajstić information content (AvgIpc) is 3.22. The zero-order valence-corrected chi connectivity index (χ0v) is 20.8. The molecule has 0 saturated carbocycles. The van der Waals surface area contributed by atoms with Gasteiger partial charge in [-0.3, -0.25) is 0 Å². The van der Waals surface area contributed by atoms with E-state index < -0.39 is 0 Å². The minimum atomic E-state index is 0.406. The van der Waals surface area contributed by atoms with E-state index in [9.17, 15) is 0 Å². The molecule has 1 aliphatic heterocycles. The third kappa shape index (κ3) is 5.24.